The van der Waals surface area contributed by atoms with Gasteiger partial charge in [-0.25, -0.2) is 9.78 Å². The smallest absolute Gasteiger partial charge is 0.326 e. The van der Waals surface area contributed by atoms with Gasteiger partial charge >= 0.3 is 17.9 Å². The van der Waals surface area contributed by atoms with E-state index in [2.05, 4.69) is 25.9 Å². The average molecular weight is 498 g/mol. The molecule has 0 fully saturated rings. The van der Waals surface area contributed by atoms with Crippen molar-refractivity contribution in [3.8, 4) is 0 Å². The number of nitrogens with zero attached hydrogens (tertiary/aromatic N) is 1. The molecular formula is C20H30N6O9. The van der Waals surface area contributed by atoms with Gasteiger partial charge in [-0.3, -0.25) is 24.0 Å². The topological polar surface area (TPSA) is 254 Å². The summed E-state index contributed by atoms with van der Waals surface area (Å²) in [5, 5.41) is 34.1. The molecule has 0 aliphatic carbocycles. The summed E-state index contributed by atoms with van der Waals surface area (Å²) < 4.78 is 0. The molecule has 0 bridgehead atoms. The Morgan fingerprint density at radius 3 is 2.03 bits per heavy atom. The number of hydrogen-bond acceptors (Lipinski definition) is 8. The van der Waals surface area contributed by atoms with Gasteiger partial charge in [-0.05, 0) is 12.3 Å². The largest absolute Gasteiger partial charge is 0.481 e. The molecular weight excluding hydrogens is 468 g/mol. The fourth-order valence-corrected chi connectivity index (χ4v) is 2.96. The van der Waals surface area contributed by atoms with Gasteiger partial charge < -0.3 is 42.0 Å². The first-order chi connectivity index (χ1) is 16.3. The van der Waals surface area contributed by atoms with Crippen LogP contribution in [-0.4, -0.2) is 85.1 Å². The van der Waals surface area contributed by atoms with E-state index in [0.717, 1.165) is 0 Å². The molecule has 194 valence electrons. The normalized spacial score (nSPS) is 14.3. The fraction of sp³-hybridized carbons (Fsp3) is 0.550. The minimum Gasteiger partial charge on any atom is -0.481 e. The first-order valence-corrected chi connectivity index (χ1v) is 10.6. The number of hydrogen-bond donors (Lipinski definition) is 8. The van der Waals surface area contributed by atoms with Crippen LogP contribution in [0.4, 0.5) is 0 Å². The van der Waals surface area contributed by atoms with E-state index in [1.54, 1.807) is 13.8 Å². The molecule has 35 heavy (non-hydrogen) atoms. The molecule has 0 aliphatic rings. The van der Waals surface area contributed by atoms with Crippen LogP contribution in [0, 0.1) is 5.92 Å². The van der Waals surface area contributed by atoms with Crippen LogP contribution in [0.1, 0.15) is 38.8 Å². The van der Waals surface area contributed by atoms with Crippen LogP contribution in [0.15, 0.2) is 12.5 Å². The minimum absolute atomic E-state index is 0.144. The number of H-pyrrole nitrogens is 1. The van der Waals surface area contributed by atoms with Crippen molar-refractivity contribution in [2.45, 2.75) is 63.7 Å². The zero-order valence-corrected chi connectivity index (χ0v) is 19.2. The molecule has 0 aliphatic heterocycles. The second kappa shape index (κ2) is 13.6. The van der Waals surface area contributed by atoms with Gasteiger partial charge in [0.1, 0.15) is 18.1 Å². The molecule has 3 amide bonds. The molecule has 0 spiro atoms. The van der Waals surface area contributed by atoms with Crippen LogP contribution in [0.3, 0.4) is 0 Å². The van der Waals surface area contributed by atoms with Crippen LogP contribution in [0.2, 0.25) is 0 Å². The number of carbonyl (C=O) groups is 6. The van der Waals surface area contributed by atoms with E-state index in [1.165, 1.54) is 12.5 Å². The number of aliphatic carboxylic acids is 3. The lowest BCUT2D eigenvalue weighted by Crippen LogP contribution is -2.58. The molecule has 4 atom stereocenters. The SMILES string of the molecule is CC(C)C(NC(=O)C(CCC(=O)O)NC(=O)C(Cc1cnc[nH]1)NC(=O)C(N)CC(=O)O)C(=O)O. The highest BCUT2D eigenvalue weighted by Crippen LogP contribution is 2.07. The number of carboxylic acids is 3. The van der Waals surface area contributed by atoms with Crippen LogP contribution in [0.25, 0.3) is 0 Å². The molecule has 1 rings (SSSR count). The number of rotatable bonds is 15. The number of aromatic nitrogens is 2. The van der Waals surface area contributed by atoms with Crippen LogP contribution < -0.4 is 21.7 Å². The van der Waals surface area contributed by atoms with Crippen molar-refractivity contribution >= 4 is 35.6 Å². The van der Waals surface area contributed by atoms with Crippen LogP contribution in [-0.2, 0) is 35.2 Å². The number of carbonyl (C=O) groups excluding carboxylic acids is 3. The molecule has 0 aromatic carbocycles. The summed E-state index contributed by atoms with van der Waals surface area (Å²) in [5.74, 6) is -7.16. The Morgan fingerprint density at radius 1 is 0.943 bits per heavy atom. The summed E-state index contributed by atoms with van der Waals surface area (Å²) in [4.78, 5) is 77.9. The summed E-state index contributed by atoms with van der Waals surface area (Å²) in [7, 11) is 0. The van der Waals surface area contributed by atoms with Gasteiger partial charge in [0.05, 0.1) is 18.8 Å². The highest BCUT2D eigenvalue weighted by molar-refractivity contribution is 5.95. The summed E-state index contributed by atoms with van der Waals surface area (Å²) in [6, 6.07) is -5.53. The third-order valence-corrected chi connectivity index (χ3v) is 4.85. The molecule has 9 N–H and O–H groups in total. The van der Waals surface area contributed by atoms with E-state index in [1.807, 2.05) is 0 Å². The zero-order chi connectivity index (χ0) is 26.7. The lowest BCUT2D eigenvalue weighted by molar-refractivity contribution is -0.144. The second-order valence-electron chi connectivity index (χ2n) is 8.11. The van der Waals surface area contributed by atoms with Gasteiger partial charge in [-0.15, -0.1) is 0 Å². The Balaban J connectivity index is 3.09. The van der Waals surface area contributed by atoms with Gasteiger partial charge in [0.25, 0.3) is 0 Å². The predicted octanol–water partition coefficient (Wildman–Crippen LogP) is -2.19. The monoisotopic (exact) mass is 498 g/mol. The molecule has 15 nitrogen and oxygen atoms in total. The van der Waals surface area contributed by atoms with Crippen LogP contribution >= 0.6 is 0 Å². The van der Waals surface area contributed by atoms with Crippen molar-refractivity contribution < 1.29 is 44.1 Å². The maximum atomic E-state index is 13.0. The summed E-state index contributed by atoms with van der Waals surface area (Å²) in [6.45, 7) is 3.11. The van der Waals surface area contributed by atoms with Crippen molar-refractivity contribution in [1.82, 2.24) is 25.9 Å². The van der Waals surface area contributed by atoms with E-state index in [-0.39, 0.29) is 12.8 Å². The number of amides is 3. The maximum absolute atomic E-state index is 13.0. The zero-order valence-electron chi connectivity index (χ0n) is 19.2. The summed E-state index contributed by atoms with van der Waals surface area (Å²) >= 11 is 0. The Kier molecular flexibility index (Phi) is 11.3. The Bertz CT molecular complexity index is 918. The quantitative estimate of drug-likeness (QED) is 0.129. The first kappa shape index (κ1) is 29.0. The van der Waals surface area contributed by atoms with Gasteiger partial charge in [0.15, 0.2) is 0 Å². The number of aromatic amines is 1. The Morgan fingerprint density at radius 2 is 1.54 bits per heavy atom. The molecule has 1 aromatic heterocycles. The second-order valence-corrected chi connectivity index (χ2v) is 8.11. The van der Waals surface area contributed by atoms with Crippen molar-refractivity contribution in [3.63, 3.8) is 0 Å². The number of nitrogens with one attached hydrogen (secondary N) is 4. The van der Waals surface area contributed by atoms with Crippen LogP contribution in [0.5, 0.6) is 0 Å². The first-order valence-electron chi connectivity index (χ1n) is 10.6. The van der Waals surface area contributed by atoms with Gasteiger partial charge in [0, 0.05) is 24.7 Å². The molecule has 0 saturated heterocycles. The minimum atomic E-state index is -1.46. The van der Waals surface area contributed by atoms with Crippen molar-refractivity contribution in [2.75, 3.05) is 0 Å². The average Bonchev–Trinajstić information content (AvgIpc) is 3.26. The number of carboxylic acid groups (broad SMARTS) is 3. The lowest BCUT2D eigenvalue weighted by atomic mass is 10.0. The Hall–Kier alpha value is -4.01. The van der Waals surface area contributed by atoms with Crippen molar-refractivity contribution in [1.29, 1.82) is 0 Å². The Labute approximate surface area is 199 Å². The number of imidazole rings is 1. The summed E-state index contributed by atoms with van der Waals surface area (Å²) in [6.07, 6.45) is 0.981. The molecule has 4 unspecified atom stereocenters. The van der Waals surface area contributed by atoms with E-state index < -0.39 is 78.6 Å². The van der Waals surface area contributed by atoms with Crippen molar-refractivity contribution in [2.24, 2.45) is 11.7 Å². The van der Waals surface area contributed by atoms with Crippen molar-refractivity contribution in [3.05, 3.63) is 18.2 Å². The fourth-order valence-electron chi connectivity index (χ4n) is 2.96. The van der Waals surface area contributed by atoms with E-state index in [0.29, 0.717) is 5.69 Å². The van der Waals surface area contributed by atoms with Gasteiger partial charge in [0.2, 0.25) is 17.7 Å². The van der Waals surface area contributed by atoms with Gasteiger partial charge in [-0.2, -0.15) is 0 Å². The highest BCUT2D eigenvalue weighted by Gasteiger charge is 2.32. The molecule has 0 radical (unpaired) electrons. The molecule has 0 saturated carbocycles. The summed E-state index contributed by atoms with van der Waals surface area (Å²) in [5.41, 5.74) is 5.96. The maximum Gasteiger partial charge on any atom is 0.326 e. The van der Waals surface area contributed by atoms with Gasteiger partial charge in [-0.1, -0.05) is 13.8 Å². The predicted molar refractivity (Wildman–Crippen MR) is 118 cm³/mol. The number of nitrogens with two attached hydrogens (primary N) is 1. The molecule has 1 heterocycles. The van der Waals surface area contributed by atoms with E-state index >= 15 is 0 Å². The molecule has 1 aromatic rings. The lowest BCUT2D eigenvalue weighted by Gasteiger charge is -2.25. The van der Waals surface area contributed by atoms with E-state index in [4.69, 9.17) is 15.9 Å². The third-order valence-electron chi connectivity index (χ3n) is 4.85. The standard InChI is InChI=1S/C20H30N6O9/c1-9(2)16(20(34)35)26-18(32)12(3-4-14(27)28)24-19(33)13(5-10-7-22-8-23-10)25-17(31)11(21)6-15(29)30/h7-9,11-13,16H,3-6,21H2,1-2H3,(H,22,23)(H,24,33)(H,25,31)(H,26,32)(H,27,28)(H,29,30)(H,34,35). The van der Waals surface area contributed by atoms with E-state index in [9.17, 15) is 33.9 Å². The third kappa shape index (κ3) is 10.2. The highest BCUT2D eigenvalue weighted by atomic mass is 16.4. The molecule has 15 heteroatoms.